The smallest absolute Gasteiger partial charge is 0.262 e. The molecule has 1 unspecified atom stereocenters. The Morgan fingerprint density at radius 3 is 2.16 bits per heavy atom. The maximum absolute atomic E-state index is 13.5. The molecular weight excluding hydrogens is 696 g/mol. The number of Topliss-reactive ketones (excluding diaryl/α,β-unsaturated/α-hetero) is 1. The van der Waals surface area contributed by atoms with Crippen LogP contribution >= 0.6 is 36.9 Å². The number of halogens is 1. The molecule has 0 bridgehead atoms. The SMILES string of the molecule is Cc1ccc2c(c1)c(CC(=O)CCCOCCOCCCOCCNC(=O)C(CS)NCCN[C@@H](C)CS)c(C)n2C(=O)c1ccc(Cl)cc1. The van der Waals surface area contributed by atoms with Crippen molar-refractivity contribution in [3.63, 3.8) is 0 Å². The van der Waals surface area contributed by atoms with Crippen molar-refractivity contribution in [1.29, 1.82) is 0 Å². The van der Waals surface area contributed by atoms with Crippen molar-refractivity contribution in [1.82, 2.24) is 20.5 Å². The zero-order valence-corrected chi connectivity index (χ0v) is 32.0. The maximum atomic E-state index is 13.5. The van der Waals surface area contributed by atoms with Gasteiger partial charge in [-0.05, 0) is 75.6 Å². The van der Waals surface area contributed by atoms with Crippen molar-refractivity contribution in [2.75, 3.05) is 70.8 Å². The highest BCUT2D eigenvalue weighted by Crippen LogP contribution is 2.29. The molecule has 3 rings (SSSR count). The summed E-state index contributed by atoms with van der Waals surface area (Å²) in [7, 11) is 0. The van der Waals surface area contributed by atoms with Crippen molar-refractivity contribution in [3.8, 4) is 0 Å². The van der Waals surface area contributed by atoms with Gasteiger partial charge >= 0.3 is 0 Å². The first-order chi connectivity index (χ1) is 24.2. The van der Waals surface area contributed by atoms with Gasteiger partial charge in [-0.2, -0.15) is 25.3 Å². The zero-order chi connectivity index (χ0) is 36.3. The second-order valence-corrected chi connectivity index (χ2v) is 13.4. The summed E-state index contributed by atoms with van der Waals surface area (Å²) in [6, 6.07) is 12.8. The van der Waals surface area contributed by atoms with Crippen molar-refractivity contribution >= 4 is 65.4 Å². The zero-order valence-electron chi connectivity index (χ0n) is 29.5. The molecule has 1 aromatic heterocycles. The van der Waals surface area contributed by atoms with Crippen molar-refractivity contribution in [2.24, 2.45) is 0 Å². The molecule has 1 heterocycles. The lowest BCUT2D eigenvalue weighted by molar-refractivity contribution is -0.123. The standard InChI is InChI=1S/C37H53ClN4O6S2/c1-26-7-12-35-33(22-26)32(28(3)42(35)37(45)29-8-10-30(38)11-9-29)23-31(43)6-4-16-47-20-21-48-18-5-17-46-19-15-41-36(44)34(25-50)40-14-13-39-27(2)24-49/h7-12,22,27,34,39-40,49-50H,4-6,13-21,23-25H2,1-3H3,(H,41,44)/t27-,34?/m0/s1. The highest BCUT2D eigenvalue weighted by atomic mass is 35.5. The van der Waals surface area contributed by atoms with Gasteiger partial charge in [-0.15, -0.1) is 0 Å². The van der Waals surface area contributed by atoms with E-state index < -0.39 is 0 Å². The quantitative estimate of drug-likeness (QED) is 0.0618. The summed E-state index contributed by atoms with van der Waals surface area (Å²) < 4.78 is 18.6. The Kier molecular flexibility index (Phi) is 19.5. The number of thiol groups is 2. The molecule has 0 fully saturated rings. The van der Waals surface area contributed by atoms with E-state index in [1.165, 1.54) is 0 Å². The Morgan fingerprint density at radius 2 is 1.48 bits per heavy atom. The number of amides is 1. The van der Waals surface area contributed by atoms with E-state index in [1.54, 1.807) is 28.8 Å². The Balaban J connectivity index is 1.25. The van der Waals surface area contributed by atoms with Crippen molar-refractivity contribution in [2.45, 2.75) is 58.5 Å². The van der Waals surface area contributed by atoms with E-state index in [0.29, 0.717) is 88.0 Å². The van der Waals surface area contributed by atoms with Gasteiger partial charge in [0.2, 0.25) is 5.91 Å². The van der Waals surface area contributed by atoms with Crippen LogP contribution in [0, 0.1) is 13.8 Å². The van der Waals surface area contributed by atoms with Gasteiger partial charge < -0.3 is 30.2 Å². The van der Waals surface area contributed by atoms with Crippen molar-refractivity contribution < 1.29 is 28.6 Å². The molecule has 0 saturated heterocycles. The normalized spacial score (nSPS) is 12.7. The van der Waals surface area contributed by atoms with Gasteiger partial charge in [0.15, 0.2) is 0 Å². The number of fused-ring (bicyclic) bond motifs is 1. The summed E-state index contributed by atoms with van der Waals surface area (Å²) in [6.07, 6.45) is 2.00. The lowest BCUT2D eigenvalue weighted by atomic mass is 10.0. The van der Waals surface area contributed by atoms with Gasteiger partial charge in [0.1, 0.15) is 5.78 Å². The molecule has 0 radical (unpaired) electrons. The molecule has 0 saturated carbocycles. The largest absolute Gasteiger partial charge is 0.380 e. The summed E-state index contributed by atoms with van der Waals surface area (Å²) >= 11 is 14.6. The number of rotatable bonds is 25. The first-order valence-electron chi connectivity index (χ1n) is 17.3. The second kappa shape index (κ2) is 23.2. The van der Waals surface area contributed by atoms with E-state index in [2.05, 4.69) is 48.1 Å². The number of benzene rings is 2. The van der Waals surface area contributed by atoms with Crippen LogP contribution in [0.5, 0.6) is 0 Å². The van der Waals surface area contributed by atoms with Crippen LogP contribution in [0.3, 0.4) is 0 Å². The minimum absolute atomic E-state index is 0.0871. The van der Waals surface area contributed by atoms with E-state index in [-0.39, 0.29) is 30.1 Å². The predicted molar refractivity (Wildman–Crippen MR) is 208 cm³/mol. The van der Waals surface area contributed by atoms with Gasteiger partial charge in [-0.3, -0.25) is 19.0 Å². The van der Waals surface area contributed by atoms with Crippen LogP contribution in [-0.2, 0) is 30.2 Å². The molecule has 0 spiro atoms. The van der Waals surface area contributed by atoms with E-state index in [4.69, 9.17) is 25.8 Å². The number of carbonyl (C=O) groups is 3. The average molecular weight is 749 g/mol. The lowest BCUT2D eigenvalue weighted by Crippen LogP contribution is -2.48. The van der Waals surface area contributed by atoms with Crippen LogP contribution in [-0.4, -0.2) is 105 Å². The third-order valence-corrected chi connectivity index (χ3v) is 9.34. The first-order valence-corrected chi connectivity index (χ1v) is 18.9. The Labute approximate surface area is 312 Å². The average Bonchev–Trinajstić information content (AvgIpc) is 3.37. The van der Waals surface area contributed by atoms with Crippen molar-refractivity contribution in [3.05, 3.63) is 69.9 Å². The van der Waals surface area contributed by atoms with Gasteiger partial charge in [0, 0.05) is 91.5 Å². The Hall–Kier alpha value is -2.42. The lowest BCUT2D eigenvalue weighted by Gasteiger charge is -2.17. The summed E-state index contributed by atoms with van der Waals surface area (Å²) in [5.74, 6) is 1.04. The highest BCUT2D eigenvalue weighted by molar-refractivity contribution is 7.80. The molecule has 10 nitrogen and oxygen atoms in total. The molecule has 3 N–H and O–H groups in total. The fourth-order valence-electron chi connectivity index (χ4n) is 5.39. The van der Waals surface area contributed by atoms with E-state index in [9.17, 15) is 14.4 Å². The van der Waals surface area contributed by atoms with Gasteiger partial charge in [0.05, 0.1) is 31.4 Å². The number of nitrogens with one attached hydrogen (secondary N) is 3. The van der Waals surface area contributed by atoms with Gasteiger partial charge in [-0.1, -0.05) is 23.2 Å². The number of hydrogen-bond acceptors (Lipinski definition) is 10. The molecule has 0 aliphatic heterocycles. The number of aromatic nitrogens is 1. The fraction of sp³-hybridized carbons (Fsp3) is 0.541. The minimum Gasteiger partial charge on any atom is -0.380 e. The topological polar surface area (TPSA) is 120 Å². The molecular formula is C37H53ClN4O6S2. The summed E-state index contributed by atoms with van der Waals surface area (Å²) in [5, 5.41) is 10.9. The maximum Gasteiger partial charge on any atom is 0.262 e. The molecule has 0 aliphatic rings. The minimum atomic E-state index is -0.352. The summed E-state index contributed by atoms with van der Waals surface area (Å²) in [5.41, 5.74) is 4.05. The van der Waals surface area contributed by atoms with Crippen LogP contribution in [0.15, 0.2) is 42.5 Å². The van der Waals surface area contributed by atoms with E-state index in [0.717, 1.165) is 46.4 Å². The molecule has 13 heteroatoms. The first kappa shape index (κ1) is 42.0. The Bertz CT molecular complexity index is 1500. The van der Waals surface area contributed by atoms with Gasteiger partial charge in [-0.25, -0.2) is 0 Å². The fourth-order valence-corrected chi connectivity index (χ4v) is 5.94. The van der Waals surface area contributed by atoms with Crippen LogP contribution in [0.25, 0.3) is 10.9 Å². The number of carbonyl (C=O) groups excluding carboxylic acids is 3. The third-order valence-electron chi connectivity index (χ3n) is 8.18. The Morgan fingerprint density at radius 1 is 0.820 bits per heavy atom. The molecule has 276 valence electrons. The van der Waals surface area contributed by atoms with E-state index >= 15 is 0 Å². The van der Waals surface area contributed by atoms with Crippen LogP contribution < -0.4 is 16.0 Å². The highest BCUT2D eigenvalue weighted by Gasteiger charge is 2.21. The summed E-state index contributed by atoms with van der Waals surface area (Å²) in [4.78, 5) is 38.8. The van der Waals surface area contributed by atoms with Gasteiger partial charge in [0.25, 0.3) is 5.91 Å². The van der Waals surface area contributed by atoms with E-state index in [1.807, 2.05) is 32.0 Å². The number of ether oxygens (including phenoxy) is 3. The predicted octanol–water partition coefficient (Wildman–Crippen LogP) is 4.84. The molecule has 0 aliphatic carbocycles. The van der Waals surface area contributed by atoms with Crippen LogP contribution in [0.2, 0.25) is 5.02 Å². The number of hydrogen-bond donors (Lipinski definition) is 5. The number of ketones is 1. The molecule has 2 aromatic carbocycles. The molecule has 1 amide bonds. The molecule has 50 heavy (non-hydrogen) atoms. The molecule has 3 aromatic rings. The van der Waals surface area contributed by atoms with Crippen LogP contribution in [0.4, 0.5) is 0 Å². The summed E-state index contributed by atoms with van der Waals surface area (Å²) in [6.45, 7) is 10.7. The number of aryl methyl sites for hydroxylation is 1. The number of nitrogens with zero attached hydrogens (tertiary/aromatic N) is 1. The third kappa shape index (κ3) is 14.0. The van der Waals surface area contributed by atoms with Crippen LogP contribution in [0.1, 0.15) is 53.4 Å². The molecule has 2 atom stereocenters. The second-order valence-electron chi connectivity index (χ2n) is 12.3. The monoisotopic (exact) mass is 748 g/mol.